The normalized spacial score (nSPS) is 11.7. The first-order valence-electron chi connectivity index (χ1n) is 9.88. The van der Waals surface area contributed by atoms with Gasteiger partial charge in [-0.1, -0.05) is 43.3 Å². The Morgan fingerprint density at radius 2 is 1.72 bits per heavy atom. The average Bonchev–Trinajstić information content (AvgIpc) is 2.75. The number of aryl methyl sites for hydroxylation is 1. The Hall–Kier alpha value is -3.27. The first-order valence-corrected chi connectivity index (χ1v) is 9.88. The molecule has 0 aromatic heterocycles. The zero-order valence-corrected chi connectivity index (χ0v) is 16.8. The third kappa shape index (κ3) is 5.61. The molecule has 150 valence electrons. The van der Waals surface area contributed by atoms with E-state index < -0.39 is 0 Å². The van der Waals surface area contributed by atoms with E-state index in [1.54, 1.807) is 24.3 Å². The number of hydrogen-bond acceptors (Lipinski definition) is 4. The second-order valence-corrected chi connectivity index (χ2v) is 6.94. The van der Waals surface area contributed by atoms with E-state index in [1.807, 2.05) is 55.5 Å². The summed E-state index contributed by atoms with van der Waals surface area (Å²) in [7, 11) is 0. The molecule has 0 spiro atoms. The van der Waals surface area contributed by atoms with Crippen molar-refractivity contribution in [2.24, 2.45) is 0 Å². The smallest absolute Gasteiger partial charge is 0.196 e. The Labute approximate surface area is 171 Å². The van der Waals surface area contributed by atoms with Crippen molar-refractivity contribution in [2.75, 3.05) is 6.61 Å². The average molecular weight is 390 g/mol. The quantitative estimate of drug-likeness (QED) is 0.496. The number of phenolic OH excluding ortho intramolecular Hbond substituents is 1. The van der Waals surface area contributed by atoms with Crippen LogP contribution in [-0.2, 0) is 6.42 Å². The summed E-state index contributed by atoms with van der Waals surface area (Å²) in [5, 5.41) is 9.32. The summed E-state index contributed by atoms with van der Waals surface area (Å²) in [4.78, 5) is 13.0. The van der Waals surface area contributed by atoms with Gasteiger partial charge in [0.05, 0.1) is 18.3 Å². The molecule has 3 aromatic rings. The Balaban J connectivity index is 1.67. The van der Waals surface area contributed by atoms with Gasteiger partial charge in [0.25, 0.3) is 0 Å². The van der Waals surface area contributed by atoms with Gasteiger partial charge in [0.1, 0.15) is 17.2 Å². The van der Waals surface area contributed by atoms with Crippen molar-refractivity contribution in [3.63, 3.8) is 0 Å². The lowest BCUT2D eigenvalue weighted by molar-refractivity contribution is 0.103. The number of hydrogen-bond donors (Lipinski definition) is 1. The number of aromatic hydroxyl groups is 1. The molecule has 0 saturated carbocycles. The van der Waals surface area contributed by atoms with Crippen molar-refractivity contribution in [3.05, 3.63) is 89.5 Å². The topological polar surface area (TPSA) is 55.8 Å². The molecule has 0 bridgehead atoms. The van der Waals surface area contributed by atoms with Crippen molar-refractivity contribution in [2.45, 2.75) is 32.8 Å². The minimum atomic E-state index is -0.123. The van der Waals surface area contributed by atoms with Crippen molar-refractivity contribution < 1.29 is 19.4 Å². The highest BCUT2D eigenvalue weighted by Gasteiger charge is 2.17. The van der Waals surface area contributed by atoms with E-state index in [0.29, 0.717) is 35.7 Å². The number of carbonyl (C=O) groups is 1. The predicted octanol–water partition coefficient (Wildman–Crippen LogP) is 5.42. The first kappa shape index (κ1) is 20.5. The zero-order chi connectivity index (χ0) is 20.6. The third-order valence-electron chi connectivity index (χ3n) is 4.69. The van der Waals surface area contributed by atoms with E-state index in [1.165, 1.54) is 0 Å². The van der Waals surface area contributed by atoms with E-state index >= 15 is 0 Å². The molecule has 0 aliphatic rings. The van der Waals surface area contributed by atoms with Crippen LogP contribution in [0.4, 0.5) is 0 Å². The fraction of sp³-hybridized carbons (Fsp3) is 0.240. The van der Waals surface area contributed by atoms with E-state index in [4.69, 9.17) is 9.47 Å². The van der Waals surface area contributed by atoms with Crippen LogP contribution in [0.5, 0.6) is 17.2 Å². The van der Waals surface area contributed by atoms with Gasteiger partial charge >= 0.3 is 0 Å². The molecule has 3 rings (SSSR count). The van der Waals surface area contributed by atoms with Crippen LogP contribution in [-0.4, -0.2) is 23.6 Å². The number of benzene rings is 3. The van der Waals surface area contributed by atoms with E-state index in [9.17, 15) is 9.90 Å². The second-order valence-electron chi connectivity index (χ2n) is 6.94. The van der Waals surface area contributed by atoms with Gasteiger partial charge < -0.3 is 14.6 Å². The highest BCUT2D eigenvalue weighted by atomic mass is 16.5. The largest absolute Gasteiger partial charge is 0.508 e. The van der Waals surface area contributed by atoms with Gasteiger partial charge in [-0.3, -0.25) is 4.79 Å². The molecular formula is C25H26O4. The molecule has 1 N–H and O–H groups in total. The zero-order valence-electron chi connectivity index (χ0n) is 16.8. The van der Waals surface area contributed by atoms with Crippen LogP contribution in [0.25, 0.3) is 0 Å². The molecule has 1 unspecified atom stereocenters. The standard InChI is InChI=1S/C25H26O4/c1-3-19-9-14-24(23(17-19)25(27)20-7-5-4-6-8-20)29-18(2)15-16-28-22-12-10-21(26)11-13-22/h4-14,17-18,26H,3,15-16H2,1-2H3. The number of rotatable bonds is 9. The van der Waals surface area contributed by atoms with Gasteiger partial charge in [0.15, 0.2) is 5.78 Å². The van der Waals surface area contributed by atoms with Crippen LogP contribution < -0.4 is 9.47 Å². The second kappa shape index (κ2) is 9.78. The fourth-order valence-corrected chi connectivity index (χ4v) is 2.98. The summed E-state index contributed by atoms with van der Waals surface area (Å²) < 4.78 is 11.8. The van der Waals surface area contributed by atoms with Crippen LogP contribution in [0.1, 0.15) is 41.8 Å². The van der Waals surface area contributed by atoms with Crippen LogP contribution in [0.15, 0.2) is 72.8 Å². The molecule has 4 heteroatoms. The summed E-state index contributed by atoms with van der Waals surface area (Å²) in [5.74, 6) is 1.46. The number of carbonyl (C=O) groups excluding carboxylic acids is 1. The maximum Gasteiger partial charge on any atom is 0.196 e. The van der Waals surface area contributed by atoms with Crippen molar-refractivity contribution in [1.82, 2.24) is 0 Å². The highest BCUT2D eigenvalue weighted by molar-refractivity contribution is 6.10. The molecule has 29 heavy (non-hydrogen) atoms. The fourth-order valence-electron chi connectivity index (χ4n) is 2.98. The van der Waals surface area contributed by atoms with Gasteiger partial charge in [-0.25, -0.2) is 0 Å². The molecule has 3 aromatic carbocycles. The first-order chi connectivity index (χ1) is 14.1. The Kier molecular flexibility index (Phi) is 6.90. The van der Waals surface area contributed by atoms with Crippen LogP contribution in [0, 0.1) is 0 Å². The minimum absolute atomic E-state index is 0.0385. The van der Waals surface area contributed by atoms with Crippen LogP contribution in [0.3, 0.4) is 0 Å². The van der Waals surface area contributed by atoms with E-state index in [0.717, 1.165) is 12.0 Å². The predicted molar refractivity (Wildman–Crippen MR) is 114 cm³/mol. The van der Waals surface area contributed by atoms with Crippen molar-refractivity contribution in [3.8, 4) is 17.2 Å². The summed E-state index contributed by atoms with van der Waals surface area (Å²) in [6.07, 6.45) is 1.39. The Morgan fingerprint density at radius 1 is 1.00 bits per heavy atom. The lowest BCUT2D eigenvalue weighted by Gasteiger charge is -2.18. The lowest BCUT2D eigenvalue weighted by Crippen LogP contribution is -2.17. The Morgan fingerprint density at radius 3 is 2.41 bits per heavy atom. The van der Waals surface area contributed by atoms with Crippen LogP contribution in [0.2, 0.25) is 0 Å². The van der Waals surface area contributed by atoms with E-state index in [-0.39, 0.29) is 17.6 Å². The summed E-state index contributed by atoms with van der Waals surface area (Å²) in [5.41, 5.74) is 2.33. The molecule has 4 nitrogen and oxygen atoms in total. The summed E-state index contributed by atoms with van der Waals surface area (Å²) in [6, 6.07) is 21.7. The monoisotopic (exact) mass is 390 g/mol. The number of phenols is 1. The maximum atomic E-state index is 13.0. The summed E-state index contributed by atoms with van der Waals surface area (Å²) >= 11 is 0. The van der Waals surface area contributed by atoms with Gasteiger partial charge in [-0.05, 0) is 55.3 Å². The number of ketones is 1. The molecule has 0 aliphatic heterocycles. The molecule has 1 atom stereocenters. The van der Waals surface area contributed by atoms with Crippen LogP contribution >= 0.6 is 0 Å². The minimum Gasteiger partial charge on any atom is -0.508 e. The molecule has 0 radical (unpaired) electrons. The van der Waals surface area contributed by atoms with Gasteiger partial charge in [0, 0.05) is 12.0 Å². The maximum absolute atomic E-state index is 13.0. The number of ether oxygens (including phenoxy) is 2. The molecule has 0 aliphatic carbocycles. The van der Waals surface area contributed by atoms with Gasteiger partial charge in [0.2, 0.25) is 0 Å². The van der Waals surface area contributed by atoms with Gasteiger partial charge in [-0.15, -0.1) is 0 Å². The van der Waals surface area contributed by atoms with Crippen molar-refractivity contribution in [1.29, 1.82) is 0 Å². The highest BCUT2D eigenvalue weighted by Crippen LogP contribution is 2.25. The molecular weight excluding hydrogens is 364 g/mol. The lowest BCUT2D eigenvalue weighted by atomic mass is 9.99. The van der Waals surface area contributed by atoms with Gasteiger partial charge in [-0.2, -0.15) is 0 Å². The summed E-state index contributed by atoms with van der Waals surface area (Å²) in [6.45, 7) is 4.50. The molecule has 0 fully saturated rings. The third-order valence-corrected chi connectivity index (χ3v) is 4.69. The Bertz CT molecular complexity index is 933. The molecule has 0 heterocycles. The SMILES string of the molecule is CCc1ccc(OC(C)CCOc2ccc(O)cc2)c(C(=O)c2ccccc2)c1. The molecule has 0 saturated heterocycles. The van der Waals surface area contributed by atoms with Crippen molar-refractivity contribution >= 4 is 5.78 Å². The molecule has 0 amide bonds. The van der Waals surface area contributed by atoms with E-state index in [2.05, 4.69) is 6.92 Å².